The highest BCUT2D eigenvalue weighted by molar-refractivity contribution is 5.92. The van der Waals surface area contributed by atoms with Crippen LogP contribution < -0.4 is 11.3 Å². The van der Waals surface area contributed by atoms with E-state index in [1.54, 1.807) is 17.0 Å². The number of amides is 1. The molecule has 1 saturated heterocycles. The van der Waals surface area contributed by atoms with Gasteiger partial charge in [0, 0.05) is 25.2 Å². The zero-order valence-electron chi connectivity index (χ0n) is 10.6. The Morgan fingerprint density at radius 3 is 3.00 bits per heavy atom. The average molecular weight is 249 g/mol. The fourth-order valence-electron chi connectivity index (χ4n) is 2.37. The summed E-state index contributed by atoms with van der Waals surface area (Å²) in [6.07, 6.45) is 2.03. The second kappa shape index (κ2) is 5.35. The van der Waals surface area contributed by atoms with Gasteiger partial charge in [0.15, 0.2) is 0 Å². The number of likely N-dealkylation sites (tertiary alicyclic amines) is 1. The lowest BCUT2D eigenvalue weighted by Gasteiger charge is -2.34. The van der Waals surface area contributed by atoms with Gasteiger partial charge in [0.2, 0.25) is 5.56 Å². The predicted molar refractivity (Wildman–Crippen MR) is 69.3 cm³/mol. The van der Waals surface area contributed by atoms with Gasteiger partial charge in [-0.05, 0) is 31.7 Å². The van der Waals surface area contributed by atoms with E-state index in [2.05, 4.69) is 4.98 Å². The highest BCUT2D eigenvalue weighted by Gasteiger charge is 2.26. The Morgan fingerprint density at radius 2 is 2.33 bits per heavy atom. The third-order valence-electron chi connectivity index (χ3n) is 3.49. The summed E-state index contributed by atoms with van der Waals surface area (Å²) in [6.45, 7) is 3.38. The van der Waals surface area contributed by atoms with Crippen LogP contribution in [-0.2, 0) is 0 Å². The van der Waals surface area contributed by atoms with Crippen molar-refractivity contribution in [2.24, 2.45) is 11.7 Å². The third kappa shape index (κ3) is 2.79. The van der Waals surface area contributed by atoms with Crippen LogP contribution in [-0.4, -0.2) is 34.9 Å². The maximum atomic E-state index is 12.2. The van der Waals surface area contributed by atoms with Crippen molar-refractivity contribution in [1.29, 1.82) is 0 Å². The van der Waals surface area contributed by atoms with E-state index in [1.807, 2.05) is 6.92 Å². The van der Waals surface area contributed by atoms with Crippen LogP contribution in [0.2, 0.25) is 0 Å². The Labute approximate surface area is 106 Å². The lowest BCUT2D eigenvalue weighted by Crippen LogP contribution is -2.45. The van der Waals surface area contributed by atoms with Gasteiger partial charge in [-0.25, -0.2) is 0 Å². The Bertz CT molecular complexity index is 481. The normalized spacial score (nSPS) is 21.7. The molecule has 0 bridgehead atoms. The Balaban J connectivity index is 2.11. The van der Waals surface area contributed by atoms with Gasteiger partial charge in [0.05, 0.1) is 0 Å². The van der Waals surface area contributed by atoms with E-state index in [0.29, 0.717) is 18.2 Å². The van der Waals surface area contributed by atoms with Gasteiger partial charge >= 0.3 is 0 Å². The molecule has 1 aliphatic rings. The Hall–Kier alpha value is -1.62. The molecule has 1 fully saturated rings. The summed E-state index contributed by atoms with van der Waals surface area (Å²) < 4.78 is 0. The molecule has 2 heterocycles. The van der Waals surface area contributed by atoms with Gasteiger partial charge < -0.3 is 15.6 Å². The smallest absolute Gasteiger partial charge is 0.270 e. The van der Waals surface area contributed by atoms with Gasteiger partial charge in [-0.2, -0.15) is 0 Å². The SMILES string of the molecule is CC(N)C1CCCN(C(=O)c2cccc(=O)[nH]2)C1. The minimum Gasteiger partial charge on any atom is -0.337 e. The molecule has 98 valence electrons. The van der Waals surface area contributed by atoms with Crippen LogP contribution in [0.1, 0.15) is 30.3 Å². The van der Waals surface area contributed by atoms with Crippen molar-refractivity contribution >= 4 is 5.91 Å². The summed E-state index contributed by atoms with van der Waals surface area (Å²) in [5.74, 6) is 0.233. The predicted octanol–water partition coefficient (Wildman–Crippen LogP) is 0.574. The van der Waals surface area contributed by atoms with Crippen molar-refractivity contribution in [3.63, 3.8) is 0 Å². The summed E-state index contributed by atoms with van der Waals surface area (Å²) in [6, 6.07) is 4.73. The zero-order valence-corrected chi connectivity index (χ0v) is 10.6. The van der Waals surface area contributed by atoms with Gasteiger partial charge in [-0.1, -0.05) is 6.07 Å². The van der Waals surface area contributed by atoms with Crippen LogP contribution >= 0.6 is 0 Å². The minimum absolute atomic E-state index is 0.0930. The Morgan fingerprint density at radius 1 is 1.56 bits per heavy atom. The van der Waals surface area contributed by atoms with Crippen LogP contribution in [0.5, 0.6) is 0 Å². The van der Waals surface area contributed by atoms with Crippen molar-refractivity contribution in [2.45, 2.75) is 25.8 Å². The largest absolute Gasteiger partial charge is 0.337 e. The lowest BCUT2D eigenvalue weighted by molar-refractivity contribution is 0.0654. The molecule has 18 heavy (non-hydrogen) atoms. The van der Waals surface area contributed by atoms with Crippen LogP contribution in [0.25, 0.3) is 0 Å². The molecule has 1 aromatic heterocycles. The fourth-order valence-corrected chi connectivity index (χ4v) is 2.37. The monoisotopic (exact) mass is 249 g/mol. The molecule has 0 saturated carbocycles. The van der Waals surface area contributed by atoms with Gasteiger partial charge in [0.25, 0.3) is 5.91 Å². The fraction of sp³-hybridized carbons (Fsp3) is 0.538. The van der Waals surface area contributed by atoms with Crippen molar-refractivity contribution in [1.82, 2.24) is 9.88 Å². The number of nitrogens with zero attached hydrogens (tertiary/aromatic N) is 1. The average Bonchev–Trinajstić information content (AvgIpc) is 2.38. The maximum Gasteiger partial charge on any atom is 0.270 e. The minimum atomic E-state index is -0.249. The molecule has 1 amide bonds. The number of nitrogens with one attached hydrogen (secondary N) is 1. The molecule has 5 nitrogen and oxygen atoms in total. The number of rotatable bonds is 2. The molecule has 2 rings (SSSR count). The number of hydrogen-bond acceptors (Lipinski definition) is 3. The number of H-pyrrole nitrogens is 1. The molecule has 0 radical (unpaired) electrons. The highest BCUT2D eigenvalue weighted by Crippen LogP contribution is 2.19. The molecule has 1 aromatic rings. The van der Waals surface area contributed by atoms with Crippen LogP contribution in [0, 0.1) is 5.92 Å². The van der Waals surface area contributed by atoms with E-state index in [4.69, 9.17) is 5.73 Å². The summed E-state index contributed by atoms with van der Waals surface area (Å²) in [5.41, 5.74) is 6.00. The van der Waals surface area contributed by atoms with Crippen LogP contribution in [0.3, 0.4) is 0 Å². The summed E-state index contributed by atoms with van der Waals surface area (Å²) >= 11 is 0. The molecule has 0 spiro atoms. The summed E-state index contributed by atoms with van der Waals surface area (Å²) in [5, 5.41) is 0. The van der Waals surface area contributed by atoms with Crippen molar-refractivity contribution < 1.29 is 4.79 Å². The van der Waals surface area contributed by atoms with E-state index < -0.39 is 0 Å². The van der Waals surface area contributed by atoms with Gasteiger partial charge in [0.1, 0.15) is 5.69 Å². The quantitative estimate of drug-likeness (QED) is 0.804. The maximum absolute atomic E-state index is 12.2. The lowest BCUT2D eigenvalue weighted by atomic mass is 9.92. The molecular weight excluding hydrogens is 230 g/mol. The zero-order chi connectivity index (χ0) is 13.1. The van der Waals surface area contributed by atoms with Crippen molar-refractivity contribution in [2.75, 3.05) is 13.1 Å². The number of nitrogens with two attached hydrogens (primary N) is 1. The second-order valence-electron chi connectivity index (χ2n) is 4.94. The first-order chi connectivity index (χ1) is 8.58. The number of carbonyl (C=O) groups is 1. The van der Waals surface area contributed by atoms with Crippen LogP contribution in [0.15, 0.2) is 23.0 Å². The first-order valence-electron chi connectivity index (χ1n) is 6.32. The van der Waals surface area contributed by atoms with Gasteiger partial charge in [-0.15, -0.1) is 0 Å². The number of carbonyl (C=O) groups excluding carboxylic acids is 1. The second-order valence-corrected chi connectivity index (χ2v) is 4.94. The van der Waals surface area contributed by atoms with Gasteiger partial charge in [-0.3, -0.25) is 9.59 Å². The van der Waals surface area contributed by atoms with E-state index >= 15 is 0 Å². The molecule has 2 atom stereocenters. The first kappa shape index (κ1) is 12.8. The number of piperidine rings is 1. The number of hydrogen-bond donors (Lipinski definition) is 2. The summed E-state index contributed by atoms with van der Waals surface area (Å²) in [4.78, 5) is 27.8. The van der Waals surface area contributed by atoms with Crippen molar-refractivity contribution in [3.05, 3.63) is 34.2 Å². The molecule has 3 N–H and O–H groups in total. The standard InChI is InChI=1S/C13H19N3O2/c1-9(14)10-4-3-7-16(8-10)13(18)11-5-2-6-12(17)15-11/h2,5-6,9-10H,3-4,7-8,14H2,1H3,(H,15,17). The number of aromatic amines is 1. The Kier molecular flexibility index (Phi) is 3.81. The highest BCUT2D eigenvalue weighted by atomic mass is 16.2. The number of aromatic nitrogens is 1. The van der Waals surface area contributed by atoms with E-state index in [0.717, 1.165) is 19.4 Å². The molecule has 5 heteroatoms. The van der Waals surface area contributed by atoms with Crippen LogP contribution in [0.4, 0.5) is 0 Å². The third-order valence-corrected chi connectivity index (χ3v) is 3.49. The molecule has 1 aliphatic heterocycles. The van der Waals surface area contributed by atoms with E-state index in [-0.39, 0.29) is 17.5 Å². The molecular formula is C13H19N3O2. The topological polar surface area (TPSA) is 79.2 Å². The molecule has 2 unspecified atom stereocenters. The van der Waals surface area contributed by atoms with E-state index in [1.165, 1.54) is 6.07 Å². The molecule has 0 aromatic carbocycles. The molecule has 0 aliphatic carbocycles. The number of pyridine rings is 1. The first-order valence-corrected chi connectivity index (χ1v) is 6.32. The van der Waals surface area contributed by atoms with E-state index in [9.17, 15) is 9.59 Å². The van der Waals surface area contributed by atoms with Crippen molar-refractivity contribution in [3.8, 4) is 0 Å². The summed E-state index contributed by atoms with van der Waals surface area (Å²) in [7, 11) is 0.